The van der Waals surface area contributed by atoms with Crippen LogP contribution in [0.4, 0.5) is 0 Å². The molecule has 0 unspecified atom stereocenters. The van der Waals surface area contributed by atoms with Crippen LogP contribution in [0.25, 0.3) is 0 Å². The molecule has 0 bridgehead atoms. The summed E-state index contributed by atoms with van der Waals surface area (Å²) in [7, 11) is -3.63. The third-order valence-corrected chi connectivity index (χ3v) is 6.25. The molecule has 1 fully saturated rings. The number of rotatable bonds is 3. The molecule has 1 aromatic rings. The molecule has 0 radical (unpaired) electrons. The van der Waals surface area contributed by atoms with Crippen LogP contribution in [0.15, 0.2) is 27.6 Å². The lowest BCUT2D eigenvalue weighted by Crippen LogP contribution is -2.65. The Morgan fingerprint density at radius 1 is 1.42 bits per heavy atom. The lowest BCUT2D eigenvalue weighted by molar-refractivity contribution is -0.0932. The van der Waals surface area contributed by atoms with E-state index in [0.29, 0.717) is 0 Å². The van der Waals surface area contributed by atoms with E-state index in [2.05, 4.69) is 15.9 Å². The van der Waals surface area contributed by atoms with Crippen molar-refractivity contribution in [1.29, 1.82) is 0 Å². The number of benzene rings is 1. The van der Waals surface area contributed by atoms with E-state index in [1.165, 1.54) is 10.4 Å². The Morgan fingerprint density at radius 3 is 2.47 bits per heavy atom. The first-order valence-electron chi connectivity index (χ1n) is 5.84. The summed E-state index contributed by atoms with van der Waals surface area (Å²) in [5, 5.41) is 10.3. The lowest BCUT2D eigenvalue weighted by atomic mass is 9.85. The first-order valence-corrected chi connectivity index (χ1v) is 8.45. The highest BCUT2D eigenvalue weighted by atomic mass is 79.9. The summed E-state index contributed by atoms with van der Waals surface area (Å²) in [6, 6.07) is 4.64. The van der Waals surface area contributed by atoms with Crippen LogP contribution in [0.1, 0.15) is 13.8 Å². The maximum Gasteiger partial charge on any atom is 0.244 e. The summed E-state index contributed by atoms with van der Waals surface area (Å²) in [6.45, 7) is 3.96. The van der Waals surface area contributed by atoms with Gasteiger partial charge in [-0.2, -0.15) is 4.31 Å². The van der Waals surface area contributed by atoms with Gasteiger partial charge >= 0.3 is 0 Å². The Kier molecular flexibility index (Phi) is 4.02. The molecule has 1 heterocycles. The van der Waals surface area contributed by atoms with E-state index in [1.807, 2.05) is 13.8 Å². The zero-order valence-corrected chi connectivity index (χ0v) is 13.8. The van der Waals surface area contributed by atoms with Crippen molar-refractivity contribution in [3.8, 4) is 0 Å². The van der Waals surface area contributed by atoms with Crippen molar-refractivity contribution in [2.45, 2.75) is 24.3 Å². The topological polar surface area (TPSA) is 57.6 Å². The molecule has 0 spiro atoms. The molecule has 1 aliphatic rings. The molecule has 0 aromatic heterocycles. The summed E-state index contributed by atoms with van der Waals surface area (Å²) in [5.41, 5.74) is -0.936. The first kappa shape index (κ1) is 15.3. The van der Waals surface area contributed by atoms with Gasteiger partial charge < -0.3 is 5.11 Å². The summed E-state index contributed by atoms with van der Waals surface area (Å²) < 4.78 is 26.7. The van der Waals surface area contributed by atoms with E-state index in [4.69, 9.17) is 11.6 Å². The molecule has 4 nitrogen and oxygen atoms in total. The summed E-state index contributed by atoms with van der Waals surface area (Å²) in [5.74, 6) is 0.0133. The standard InChI is InChI=1S/C12H15BrClNO3S/c1-8(2)12(16)6-15(7-12)19(17,18)11-4-3-9(13)5-10(11)14/h3-5,8,16H,6-7H2,1-2H3. The van der Waals surface area contributed by atoms with E-state index >= 15 is 0 Å². The molecule has 7 heteroatoms. The molecular formula is C12H15BrClNO3S. The quantitative estimate of drug-likeness (QED) is 0.892. The van der Waals surface area contributed by atoms with Crippen LogP contribution in [0.3, 0.4) is 0 Å². The monoisotopic (exact) mass is 367 g/mol. The first-order chi connectivity index (χ1) is 8.67. The number of hydrogen-bond acceptors (Lipinski definition) is 3. The normalized spacial score (nSPS) is 19.5. The van der Waals surface area contributed by atoms with Crippen LogP contribution in [0, 0.1) is 5.92 Å². The van der Waals surface area contributed by atoms with Crippen molar-refractivity contribution < 1.29 is 13.5 Å². The highest BCUT2D eigenvalue weighted by Gasteiger charge is 2.49. The lowest BCUT2D eigenvalue weighted by Gasteiger charge is -2.47. The fourth-order valence-corrected chi connectivity index (χ4v) is 4.50. The zero-order chi connectivity index (χ0) is 14.4. The number of sulfonamides is 1. The molecule has 0 amide bonds. The van der Waals surface area contributed by atoms with Crippen LogP contribution < -0.4 is 0 Å². The van der Waals surface area contributed by atoms with Crippen molar-refractivity contribution in [2.24, 2.45) is 5.92 Å². The highest BCUT2D eigenvalue weighted by molar-refractivity contribution is 9.10. The smallest absolute Gasteiger partial charge is 0.244 e. The van der Waals surface area contributed by atoms with Gasteiger partial charge in [0.05, 0.1) is 10.6 Å². The van der Waals surface area contributed by atoms with Gasteiger partial charge in [0.2, 0.25) is 10.0 Å². The fraction of sp³-hybridized carbons (Fsp3) is 0.500. The van der Waals surface area contributed by atoms with Crippen molar-refractivity contribution in [3.05, 3.63) is 27.7 Å². The van der Waals surface area contributed by atoms with E-state index in [9.17, 15) is 13.5 Å². The van der Waals surface area contributed by atoms with Crippen LogP contribution in [0.2, 0.25) is 5.02 Å². The molecule has 19 heavy (non-hydrogen) atoms. The fourth-order valence-electron chi connectivity index (χ4n) is 1.92. The Labute approximate surface area is 126 Å². The minimum Gasteiger partial charge on any atom is -0.387 e. The van der Waals surface area contributed by atoms with E-state index in [-0.39, 0.29) is 28.9 Å². The SMILES string of the molecule is CC(C)C1(O)CN(S(=O)(=O)c2ccc(Br)cc2Cl)C1. The van der Waals surface area contributed by atoms with Gasteiger partial charge in [-0.15, -0.1) is 0 Å². The van der Waals surface area contributed by atoms with Crippen molar-refractivity contribution >= 4 is 37.6 Å². The van der Waals surface area contributed by atoms with E-state index in [0.717, 1.165) is 4.47 Å². The number of nitrogens with zero attached hydrogens (tertiary/aromatic N) is 1. The van der Waals surface area contributed by atoms with Gasteiger partial charge in [-0.1, -0.05) is 41.4 Å². The van der Waals surface area contributed by atoms with Crippen molar-refractivity contribution in [3.63, 3.8) is 0 Å². The number of halogens is 2. The van der Waals surface area contributed by atoms with Gasteiger partial charge in [0.25, 0.3) is 0 Å². The predicted molar refractivity (Wildman–Crippen MR) is 77.7 cm³/mol. The molecule has 1 N–H and O–H groups in total. The highest BCUT2D eigenvalue weighted by Crippen LogP contribution is 2.35. The molecule has 1 aliphatic heterocycles. The predicted octanol–water partition coefficient (Wildman–Crippen LogP) is 2.49. The van der Waals surface area contributed by atoms with E-state index < -0.39 is 15.6 Å². The van der Waals surface area contributed by atoms with Crippen LogP contribution >= 0.6 is 27.5 Å². The van der Waals surface area contributed by atoms with Gasteiger partial charge in [0, 0.05) is 17.6 Å². The molecule has 106 valence electrons. The number of aliphatic hydroxyl groups is 1. The number of β-amino-alcohol motifs (C(OH)–C–C–N with tert-alkyl or cyclic N) is 1. The van der Waals surface area contributed by atoms with Gasteiger partial charge in [-0.3, -0.25) is 0 Å². The summed E-state index contributed by atoms with van der Waals surface area (Å²) >= 11 is 9.21. The Bertz CT molecular complexity index is 597. The zero-order valence-electron chi connectivity index (χ0n) is 10.6. The van der Waals surface area contributed by atoms with E-state index in [1.54, 1.807) is 12.1 Å². The molecule has 2 rings (SSSR count). The Hall–Kier alpha value is -0.140. The molecule has 0 saturated carbocycles. The van der Waals surface area contributed by atoms with Gasteiger partial charge in [0.15, 0.2) is 0 Å². The molecule has 1 aromatic carbocycles. The summed E-state index contributed by atoms with van der Waals surface area (Å²) in [6.07, 6.45) is 0. The third kappa shape index (κ3) is 2.69. The Balaban J connectivity index is 2.26. The molecule has 0 atom stereocenters. The van der Waals surface area contributed by atoms with Crippen LogP contribution in [-0.2, 0) is 10.0 Å². The van der Waals surface area contributed by atoms with Gasteiger partial charge in [-0.05, 0) is 24.1 Å². The number of hydrogen-bond donors (Lipinski definition) is 1. The maximum absolute atomic E-state index is 12.4. The van der Waals surface area contributed by atoms with Gasteiger partial charge in [0.1, 0.15) is 4.90 Å². The molecule has 1 saturated heterocycles. The average molecular weight is 369 g/mol. The van der Waals surface area contributed by atoms with Crippen molar-refractivity contribution in [1.82, 2.24) is 4.31 Å². The molecule has 0 aliphatic carbocycles. The second-order valence-electron chi connectivity index (χ2n) is 5.11. The minimum absolute atomic E-state index is 0.0133. The van der Waals surface area contributed by atoms with Crippen LogP contribution in [0.5, 0.6) is 0 Å². The second-order valence-corrected chi connectivity index (χ2v) is 8.34. The second kappa shape index (κ2) is 5.00. The maximum atomic E-state index is 12.4. The van der Waals surface area contributed by atoms with Gasteiger partial charge in [-0.25, -0.2) is 8.42 Å². The minimum atomic E-state index is -3.63. The third-order valence-electron chi connectivity index (χ3n) is 3.49. The Morgan fingerprint density at radius 2 is 2.00 bits per heavy atom. The molecular weight excluding hydrogens is 354 g/mol. The summed E-state index contributed by atoms with van der Waals surface area (Å²) in [4.78, 5) is 0.0724. The largest absolute Gasteiger partial charge is 0.387 e. The average Bonchev–Trinajstić information content (AvgIpc) is 2.23. The van der Waals surface area contributed by atoms with Crippen LogP contribution in [-0.4, -0.2) is 36.5 Å². The van der Waals surface area contributed by atoms with Crippen molar-refractivity contribution in [2.75, 3.05) is 13.1 Å².